The molecule has 0 aliphatic carbocycles. The Morgan fingerprint density at radius 1 is 1.08 bits per heavy atom. The molecular formula is C19H20ClNO5. The molecule has 0 unspecified atom stereocenters. The number of hydrogen-bond donors (Lipinski definition) is 1. The van der Waals surface area contributed by atoms with Crippen LogP contribution in [0.25, 0.3) is 0 Å². The van der Waals surface area contributed by atoms with E-state index < -0.39 is 5.97 Å². The highest BCUT2D eigenvalue weighted by molar-refractivity contribution is 6.30. The molecule has 0 heterocycles. The lowest BCUT2D eigenvalue weighted by Gasteiger charge is -2.10. The van der Waals surface area contributed by atoms with Crippen molar-refractivity contribution in [2.45, 2.75) is 6.92 Å². The summed E-state index contributed by atoms with van der Waals surface area (Å²) in [5, 5.41) is 3.44. The van der Waals surface area contributed by atoms with Gasteiger partial charge in [-0.3, -0.25) is 4.79 Å². The minimum Gasteiger partial charge on any atom is -0.482 e. The van der Waals surface area contributed by atoms with Crippen LogP contribution in [0.15, 0.2) is 42.5 Å². The average molecular weight is 378 g/mol. The third-order valence-corrected chi connectivity index (χ3v) is 3.70. The third kappa shape index (κ3) is 6.06. The number of anilines is 1. The lowest BCUT2D eigenvalue weighted by Crippen LogP contribution is -2.17. The molecule has 2 rings (SSSR count). The van der Waals surface area contributed by atoms with Crippen molar-refractivity contribution < 1.29 is 23.8 Å². The number of nitrogens with one attached hydrogen (secondary N) is 1. The highest BCUT2D eigenvalue weighted by Gasteiger charge is 2.09. The summed E-state index contributed by atoms with van der Waals surface area (Å²) in [4.78, 5) is 23.8. The smallest absolute Gasteiger partial charge is 0.344 e. The van der Waals surface area contributed by atoms with Crippen LogP contribution in [0.2, 0.25) is 5.02 Å². The largest absolute Gasteiger partial charge is 0.482 e. The van der Waals surface area contributed by atoms with Gasteiger partial charge in [0.05, 0.1) is 6.61 Å². The molecule has 0 aliphatic heterocycles. The fraction of sp³-hybridized carbons (Fsp3) is 0.263. The summed E-state index contributed by atoms with van der Waals surface area (Å²) in [5.41, 5.74) is 2.03. The van der Waals surface area contributed by atoms with Crippen LogP contribution in [0.3, 0.4) is 0 Å². The second-order valence-corrected chi connectivity index (χ2v) is 5.88. The van der Waals surface area contributed by atoms with Gasteiger partial charge in [-0.25, -0.2) is 4.79 Å². The van der Waals surface area contributed by atoms with E-state index in [1.807, 2.05) is 6.92 Å². The van der Waals surface area contributed by atoms with Crippen molar-refractivity contribution in [3.05, 3.63) is 58.6 Å². The Morgan fingerprint density at radius 2 is 1.81 bits per heavy atom. The van der Waals surface area contributed by atoms with Gasteiger partial charge in [0.1, 0.15) is 12.4 Å². The summed E-state index contributed by atoms with van der Waals surface area (Å²) in [6.45, 7) is 2.17. The minimum atomic E-state index is -0.484. The van der Waals surface area contributed by atoms with E-state index in [1.165, 1.54) is 7.11 Å². The monoisotopic (exact) mass is 377 g/mol. The van der Waals surface area contributed by atoms with Crippen LogP contribution in [-0.2, 0) is 14.3 Å². The van der Waals surface area contributed by atoms with Crippen molar-refractivity contribution in [2.75, 3.05) is 32.2 Å². The van der Waals surface area contributed by atoms with Gasteiger partial charge in [0.2, 0.25) is 0 Å². The standard InChI is InChI=1S/C19H20ClNO5/c1-13-11-15(20)5-8-17(13)21-19(23)14-3-6-16(7-4-14)26-12-18(22)25-10-9-24-2/h3-8,11H,9-10,12H2,1-2H3,(H,21,23). The van der Waals surface area contributed by atoms with Crippen molar-refractivity contribution >= 4 is 29.2 Å². The molecule has 0 saturated heterocycles. The number of ether oxygens (including phenoxy) is 3. The second kappa shape index (κ2) is 9.79. The highest BCUT2D eigenvalue weighted by atomic mass is 35.5. The molecule has 0 bridgehead atoms. The van der Waals surface area contributed by atoms with Gasteiger partial charge in [-0.15, -0.1) is 0 Å². The zero-order chi connectivity index (χ0) is 18.9. The third-order valence-electron chi connectivity index (χ3n) is 3.46. The van der Waals surface area contributed by atoms with Gasteiger partial charge in [0, 0.05) is 23.4 Å². The van der Waals surface area contributed by atoms with Crippen LogP contribution in [0.1, 0.15) is 15.9 Å². The highest BCUT2D eigenvalue weighted by Crippen LogP contribution is 2.21. The van der Waals surface area contributed by atoms with Gasteiger partial charge >= 0.3 is 5.97 Å². The average Bonchev–Trinajstić information content (AvgIpc) is 2.63. The van der Waals surface area contributed by atoms with Crippen LogP contribution < -0.4 is 10.1 Å². The van der Waals surface area contributed by atoms with Crippen molar-refractivity contribution in [1.29, 1.82) is 0 Å². The van der Waals surface area contributed by atoms with Gasteiger partial charge in [0.15, 0.2) is 6.61 Å². The Bertz CT molecular complexity index is 761. The number of halogens is 1. The van der Waals surface area contributed by atoms with Crippen LogP contribution in [0.4, 0.5) is 5.69 Å². The minimum absolute atomic E-state index is 0.182. The number of hydrogen-bond acceptors (Lipinski definition) is 5. The van der Waals surface area contributed by atoms with E-state index in [0.717, 1.165) is 5.56 Å². The van der Waals surface area contributed by atoms with Gasteiger partial charge in [-0.1, -0.05) is 11.6 Å². The van der Waals surface area contributed by atoms with Gasteiger partial charge in [-0.05, 0) is 55.0 Å². The number of aryl methyl sites for hydroxylation is 1. The Kier molecular flexibility index (Phi) is 7.44. The predicted octanol–water partition coefficient (Wildman–Crippen LogP) is 3.47. The molecule has 6 nitrogen and oxygen atoms in total. The number of amides is 1. The second-order valence-electron chi connectivity index (χ2n) is 5.44. The lowest BCUT2D eigenvalue weighted by atomic mass is 10.1. The van der Waals surface area contributed by atoms with Gasteiger partial charge < -0.3 is 19.5 Å². The number of rotatable bonds is 8. The topological polar surface area (TPSA) is 73.9 Å². The number of carbonyl (C=O) groups is 2. The number of carbonyl (C=O) groups excluding carboxylic acids is 2. The SMILES string of the molecule is COCCOC(=O)COc1ccc(C(=O)Nc2ccc(Cl)cc2C)cc1. The van der Waals surface area contributed by atoms with Crippen LogP contribution in [0, 0.1) is 6.92 Å². The molecule has 26 heavy (non-hydrogen) atoms. The summed E-state index contributed by atoms with van der Waals surface area (Å²) >= 11 is 5.91. The van der Waals surface area contributed by atoms with E-state index in [9.17, 15) is 9.59 Å². The van der Waals surface area contributed by atoms with E-state index in [4.69, 9.17) is 25.8 Å². The molecule has 0 spiro atoms. The van der Waals surface area contributed by atoms with E-state index >= 15 is 0 Å². The molecule has 0 radical (unpaired) electrons. The fourth-order valence-electron chi connectivity index (χ4n) is 2.09. The van der Waals surface area contributed by atoms with Crippen LogP contribution >= 0.6 is 11.6 Å². The zero-order valence-corrected chi connectivity index (χ0v) is 15.3. The van der Waals surface area contributed by atoms with E-state index in [-0.39, 0.29) is 19.1 Å². The molecule has 7 heteroatoms. The maximum Gasteiger partial charge on any atom is 0.344 e. The first-order valence-corrected chi connectivity index (χ1v) is 8.32. The summed E-state index contributed by atoms with van der Waals surface area (Å²) in [5.74, 6) is -0.268. The Labute approximate surface area is 157 Å². The molecule has 0 fully saturated rings. The molecule has 0 aliphatic rings. The maximum absolute atomic E-state index is 12.3. The Balaban J connectivity index is 1.88. The molecule has 2 aromatic carbocycles. The first-order valence-electron chi connectivity index (χ1n) is 7.94. The van der Waals surface area contributed by atoms with Crippen LogP contribution in [-0.4, -0.2) is 38.8 Å². The summed E-state index contributed by atoms with van der Waals surface area (Å²) in [7, 11) is 1.52. The number of esters is 1. The number of benzene rings is 2. The zero-order valence-electron chi connectivity index (χ0n) is 14.6. The molecule has 2 aromatic rings. The Hall–Kier alpha value is -2.57. The van der Waals surface area contributed by atoms with Crippen LogP contribution in [0.5, 0.6) is 5.75 Å². The lowest BCUT2D eigenvalue weighted by molar-refractivity contribution is -0.147. The Morgan fingerprint density at radius 3 is 2.46 bits per heavy atom. The van der Waals surface area contributed by atoms with Crippen molar-refractivity contribution in [2.24, 2.45) is 0 Å². The summed E-state index contributed by atoms with van der Waals surface area (Å²) in [6, 6.07) is 11.7. The van der Waals surface area contributed by atoms with E-state index in [1.54, 1.807) is 42.5 Å². The van der Waals surface area contributed by atoms with Gasteiger partial charge in [-0.2, -0.15) is 0 Å². The number of methoxy groups -OCH3 is 1. The molecule has 0 atom stereocenters. The molecular weight excluding hydrogens is 358 g/mol. The molecule has 1 N–H and O–H groups in total. The first-order chi connectivity index (χ1) is 12.5. The molecule has 138 valence electrons. The van der Waals surface area contributed by atoms with Gasteiger partial charge in [0.25, 0.3) is 5.91 Å². The van der Waals surface area contributed by atoms with Crippen molar-refractivity contribution in [3.8, 4) is 5.75 Å². The molecule has 0 aromatic heterocycles. The quantitative estimate of drug-likeness (QED) is 0.563. The maximum atomic E-state index is 12.3. The van der Waals surface area contributed by atoms with E-state index in [2.05, 4.69) is 5.32 Å². The first kappa shape index (κ1) is 19.8. The van der Waals surface area contributed by atoms with Crippen molar-refractivity contribution in [1.82, 2.24) is 0 Å². The summed E-state index contributed by atoms with van der Waals surface area (Å²) < 4.78 is 15.0. The van der Waals surface area contributed by atoms with Crippen molar-refractivity contribution in [3.63, 3.8) is 0 Å². The van der Waals surface area contributed by atoms with E-state index in [0.29, 0.717) is 28.6 Å². The molecule has 1 amide bonds. The normalized spacial score (nSPS) is 10.3. The molecule has 0 saturated carbocycles. The predicted molar refractivity (Wildman–Crippen MR) is 98.9 cm³/mol. The summed E-state index contributed by atoms with van der Waals surface area (Å²) in [6.07, 6.45) is 0. The fourth-order valence-corrected chi connectivity index (χ4v) is 2.31.